The lowest BCUT2D eigenvalue weighted by molar-refractivity contribution is 0.444. The Labute approximate surface area is 127 Å². The lowest BCUT2D eigenvalue weighted by Crippen LogP contribution is -2.22. The molecule has 2 saturated carbocycles. The van der Waals surface area contributed by atoms with Crippen LogP contribution in [0.5, 0.6) is 0 Å². The normalized spacial score (nSPS) is 22.5. The Morgan fingerprint density at radius 1 is 0.952 bits per heavy atom. The quantitative estimate of drug-likeness (QED) is 0.424. The van der Waals surface area contributed by atoms with E-state index in [9.17, 15) is 4.79 Å². The van der Waals surface area contributed by atoms with Crippen molar-refractivity contribution < 1.29 is 4.79 Å². The molecule has 3 rings (SSSR count). The molecular formula is C19H25NO. The van der Waals surface area contributed by atoms with Crippen molar-refractivity contribution in [1.82, 2.24) is 0 Å². The molecule has 0 heterocycles. The van der Waals surface area contributed by atoms with Crippen LogP contribution in [0.2, 0.25) is 0 Å². The summed E-state index contributed by atoms with van der Waals surface area (Å²) in [5, 5.41) is 0. The van der Waals surface area contributed by atoms with E-state index in [1.165, 1.54) is 62.5 Å². The average Bonchev–Trinajstić information content (AvgIpc) is 2.83. The van der Waals surface area contributed by atoms with Crippen molar-refractivity contribution in [2.75, 3.05) is 0 Å². The molecule has 2 nitrogen and oxygen atoms in total. The van der Waals surface area contributed by atoms with Gasteiger partial charge in [-0.3, -0.25) is 0 Å². The van der Waals surface area contributed by atoms with Gasteiger partial charge in [0.15, 0.2) is 0 Å². The molecular weight excluding hydrogens is 258 g/mol. The van der Waals surface area contributed by atoms with Gasteiger partial charge in [0, 0.05) is 0 Å². The maximum Gasteiger partial charge on any atom is 0.235 e. The van der Waals surface area contributed by atoms with E-state index in [1.807, 2.05) is 6.08 Å². The molecule has 2 heteroatoms. The molecule has 0 saturated heterocycles. The van der Waals surface area contributed by atoms with Gasteiger partial charge in [-0.25, -0.2) is 4.79 Å². The van der Waals surface area contributed by atoms with Crippen LogP contribution in [0.3, 0.4) is 0 Å². The molecule has 21 heavy (non-hydrogen) atoms. The third-order valence-corrected chi connectivity index (χ3v) is 5.45. The second-order valence-corrected chi connectivity index (χ2v) is 6.72. The molecule has 0 unspecified atom stereocenters. The molecule has 2 fully saturated rings. The standard InChI is InChI=1S/C19H25NO/c21-15-20-19(13-7-8-14-19)18-12-6-5-11-17(18)16-9-3-1-2-4-10-16/h5-6,11-12,16H,1-4,7-10,13-14H2. The van der Waals surface area contributed by atoms with Crippen molar-refractivity contribution in [1.29, 1.82) is 0 Å². The van der Waals surface area contributed by atoms with E-state index in [2.05, 4.69) is 29.3 Å². The number of rotatable bonds is 3. The van der Waals surface area contributed by atoms with Gasteiger partial charge in [-0.2, -0.15) is 4.99 Å². The van der Waals surface area contributed by atoms with Crippen molar-refractivity contribution in [3.05, 3.63) is 35.4 Å². The van der Waals surface area contributed by atoms with E-state index in [-0.39, 0.29) is 5.54 Å². The Hall–Kier alpha value is -1.40. The van der Waals surface area contributed by atoms with E-state index >= 15 is 0 Å². The molecule has 0 radical (unpaired) electrons. The minimum Gasteiger partial charge on any atom is -0.211 e. The van der Waals surface area contributed by atoms with E-state index in [0.717, 1.165) is 12.8 Å². The Morgan fingerprint density at radius 2 is 1.62 bits per heavy atom. The summed E-state index contributed by atoms with van der Waals surface area (Å²) in [6, 6.07) is 8.75. The molecule has 2 aliphatic carbocycles. The minimum absolute atomic E-state index is 0.273. The van der Waals surface area contributed by atoms with Gasteiger partial charge in [0.25, 0.3) is 0 Å². The third kappa shape index (κ3) is 2.96. The highest BCUT2D eigenvalue weighted by Gasteiger charge is 2.38. The second kappa shape index (κ2) is 6.58. The maximum absolute atomic E-state index is 11.0. The fourth-order valence-electron chi connectivity index (χ4n) is 4.36. The fourth-order valence-corrected chi connectivity index (χ4v) is 4.36. The smallest absolute Gasteiger partial charge is 0.211 e. The summed E-state index contributed by atoms with van der Waals surface area (Å²) >= 11 is 0. The third-order valence-electron chi connectivity index (χ3n) is 5.45. The van der Waals surface area contributed by atoms with Gasteiger partial charge < -0.3 is 0 Å². The second-order valence-electron chi connectivity index (χ2n) is 6.72. The predicted molar refractivity (Wildman–Crippen MR) is 85.2 cm³/mol. The average molecular weight is 283 g/mol. The highest BCUT2D eigenvalue weighted by molar-refractivity contribution is 5.43. The number of hydrogen-bond donors (Lipinski definition) is 0. The molecule has 0 aromatic heterocycles. The van der Waals surface area contributed by atoms with E-state index in [0.29, 0.717) is 5.92 Å². The number of carbonyl (C=O) groups excluding carboxylic acids is 1. The summed E-state index contributed by atoms with van der Waals surface area (Å²) in [7, 11) is 0. The zero-order valence-electron chi connectivity index (χ0n) is 12.8. The number of aliphatic imine (C=N–C) groups is 1. The van der Waals surface area contributed by atoms with Crippen LogP contribution in [0.25, 0.3) is 0 Å². The Kier molecular flexibility index (Phi) is 4.55. The first-order valence-corrected chi connectivity index (χ1v) is 8.54. The molecule has 1 aromatic rings. The van der Waals surface area contributed by atoms with Crippen LogP contribution in [0.4, 0.5) is 0 Å². The fraction of sp³-hybridized carbons (Fsp3) is 0.632. The SMILES string of the molecule is O=C=NC1(c2ccccc2C2CCCCCC2)CCCC1. The number of hydrogen-bond acceptors (Lipinski definition) is 2. The van der Waals surface area contributed by atoms with Crippen molar-refractivity contribution in [2.45, 2.75) is 75.7 Å². The molecule has 112 valence electrons. The van der Waals surface area contributed by atoms with Gasteiger partial charge in [0.1, 0.15) is 0 Å². The van der Waals surface area contributed by atoms with Gasteiger partial charge >= 0.3 is 0 Å². The van der Waals surface area contributed by atoms with Crippen LogP contribution in [-0.2, 0) is 10.3 Å². The zero-order valence-corrected chi connectivity index (χ0v) is 12.8. The van der Waals surface area contributed by atoms with Crippen LogP contribution < -0.4 is 0 Å². The molecule has 0 spiro atoms. The highest BCUT2D eigenvalue weighted by atomic mass is 16.1. The van der Waals surface area contributed by atoms with Gasteiger partial charge in [0.2, 0.25) is 6.08 Å². The van der Waals surface area contributed by atoms with Gasteiger partial charge in [0.05, 0.1) is 5.54 Å². The monoisotopic (exact) mass is 283 g/mol. The number of isocyanates is 1. The summed E-state index contributed by atoms with van der Waals surface area (Å²) in [5.74, 6) is 0.656. The van der Waals surface area contributed by atoms with Gasteiger partial charge in [-0.1, -0.05) is 62.8 Å². The largest absolute Gasteiger partial charge is 0.235 e. The summed E-state index contributed by atoms with van der Waals surface area (Å²) in [4.78, 5) is 15.3. The Balaban J connectivity index is 2.00. The molecule has 0 atom stereocenters. The lowest BCUT2D eigenvalue weighted by atomic mass is 9.79. The Morgan fingerprint density at radius 3 is 2.29 bits per heavy atom. The molecule has 0 amide bonds. The Bertz CT molecular complexity index is 516. The van der Waals surface area contributed by atoms with Crippen molar-refractivity contribution in [3.63, 3.8) is 0 Å². The first-order valence-electron chi connectivity index (χ1n) is 8.54. The molecule has 1 aromatic carbocycles. The van der Waals surface area contributed by atoms with Crippen molar-refractivity contribution >= 4 is 6.08 Å². The summed E-state index contributed by atoms with van der Waals surface area (Å²) in [6.07, 6.45) is 14.2. The molecule has 0 aliphatic heterocycles. The van der Waals surface area contributed by atoms with E-state index < -0.39 is 0 Å². The number of benzene rings is 1. The first-order chi connectivity index (χ1) is 10.4. The van der Waals surface area contributed by atoms with E-state index in [1.54, 1.807) is 0 Å². The van der Waals surface area contributed by atoms with Crippen LogP contribution >= 0.6 is 0 Å². The van der Waals surface area contributed by atoms with Crippen LogP contribution in [-0.4, -0.2) is 6.08 Å². The molecule has 0 N–H and O–H groups in total. The predicted octanol–water partition coefficient (Wildman–Crippen LogP) is 5.23. The van der Waals surface area contributed by atoms with Crippen LogP contribution in [0.1, 0.15) is 81.3 Å². The van der Waals surface area contributed by atoms with Gasteiger partial charge in [-0.15, -0.1) is 0 Å². The first kappa shape index (κ1) is 14.5. The summed E-state index contributed by atoms with van der Waals surface area (Å²) in [5.41, 5.74) is 2.50. The maximum atomic E-state index is 11.0. The molecule has 2 aliphatic rings. The van der Waals surface area contributed by atoms with E-state index in [4.69, 9.17) is 0 Å². The molecule has 0 bridgehead atoms. The van der Waals surface area contributed by atoms with Crippen molar-refractivity contribution in [2.24, 2.45) is 4.99 Å². The topological polar surface area (TPSA) is 29.4 Å². The van der Waals surface area contributed by atoms with Gasteiger partial charge in [-0.05, 0) is 42.7 Å². The zero-order chi connectivity index (χ0) is 14.5. The van der Waals surface area contributed by atoms with Crippen LogP contribution in [0.15, 0.2) is 29.3 Å². The highest BCUT2D eigenvalue weighted by Crippen LogP contribution is 2.46. The van der Waals surface area contributed by atoms with Crippen molar-refractivity contribution in [3.8, 4) is 0 Å². The minimum atomic E-state index is -0.273. The number of nitrogens with zero attached hydrogens (tertiary/aromatic N) is 1. The summed E-state index contributed by atoms with van der Waals surface area (Å²) < 4.78 is 0. The van der Waals surface area contributed by atoms with Crippen LogP contribution in [0, 0.1) is 0 Å². The summed E-state index contributed by atoms with van der Waals surface area (Å²) in [6.45, 7) is 0. The lowest BCUT2D eigenvalue weighted by Gasteiger charge is -2.29.